The first-order chi connectivity index (χ1) is 9.46. The van der Waals surface area contributed by atoms with Crippen LogP contribution in [0.1, 0.15) is 45.2 Å². The molecule has 4 nitrogen and oxygen atoms in total. The van der Waals surface area contributed by atoms with Gasteiger partial charge in [-0.15, -0.1) is 0 Å². The lowest BCUT2D eigenvalue weighted by Gasteiger charge is -2.34. The van der Waals surface area contributed by atoms with Crippen LogP contribution in [0.25, 0.3) is 0 Å². The number of carbonyl (C=O) groups is 1. The molecule has 1 saturated heterocycles. The summed E-state index contributed by atoms with van der Waals surface area (Å²) < 4.78 is 5.35. The first kappa shape index (κ1) is 14.9. The number of nitrogens with one attached hydrogen (secondary N) is 2. The van der Waals surface area contributed by atoms with Gasteiger partial charge in [-0.25, -0.2) is 4.79 Å². The van der Waals surface area contributed by atoms with Crippen molar-refractivity contribution < 1.29 is 9.53 Å². The number of ether oxygens (including phenoxy) is 1. The van der Waals surface area contributed by atoms with Crippen molar-refractivity contribution in [3.8, 4) is 0 Å². The van der Waals surface area contributed by atoms with E-state index in [9.17, 15) is 4.79 Å². The van der Waals surface area contributed by atoms with E-state index in [1.807, 2.05) is 39.0 Å². The van der Waals surface area contributed by atoms with E-state index in [2.05, 4.69) is 22.8 Å². The summed E-state index contributed by atoms with van der Waals surface area (Å²) in [5.41, 5.74) is 0.738. The zero-order valence-corrected chi connectivity index (χ0v) is 12.5. The second-order valence-corrected chi connectivity index (χ2v) is 6.24. The minimum atomic E-state index is -0.464. The van der Waals surface area contributed by atoms with Crippen LogP contribution in [0.2, 0.25) is 0 Å². The molecule has 1 aromatic carbocycles. The molecule has 110 valence electrons. The van der Waals surface area contributed by atoms with E-state index in [1.54, 1.807) is 0 Å². The zero-order valence-electron chi connectivity index (χ0n) is 12.5. The molecule has 2 rings (SSSR count). The second-order valence-electron chi connectivity index (χ2n) is 6.24. The Balaban J connectivity index is 2.03. The number of carbonyl (C=O) groups excluding carboxylic acids is 1. The van der Waals surface area contributed by atoms with Crippen molar-refractivity contribution in [1.29, 1.82) is 0 Å². The van der Waals surface area contributed by atoms with Crippen molar-refractivity contribution in [2.24, 2.45) is 0 Å². The van der Waals surface area contributed by atoms with Gasteiger partial charge in [0.1, 0.15) is 5.60 Å². The highest BCUT2D eigenvalue weighted by Crippen LogP contribution is 2.23. The fourth-order valence-corrected chi connectivity index (χ4v) is 2.51. The molecule has 1 aromatic rings. The van der Waals surface area contributed by atoms with Crippen molar-refractivity contribution in [3.05, 3.63) is 35.9 Å². The summed E-state index contributed by atoms with van der Waals surface area (Å²) in [5, 5.41) is 6.48. The van der Waals surface area contributed by atoms with Crippen LogP contribution in [0, 0.1) is 0 Å². The van der Waals surface area contributed by atoms with E-state index in [0.717, 1.165) is 19.4 Å². The largest absolute Gasteiger partial charge is 0.444 e. The Kier molecular flexibility index (Phi) is 4.65. The summed E-state index contributed by atoms with van der Waals surface area (Å²) in [4.78, 5) is 11.9. The number of piperidine rings is 1. The van der Waals surface area contributed by atoms with E-state index < -0.39 is 5.60 Å². The van der Waals surface area contributed by atoms with Gasteiger partial charge in [-0.3, -0.25) is 0 Å². The van der Waals surface area contributed by atoms with Gasteiger partial charge in [-0.05, 0) is 45.7 Å². The monoisotopic (exact) mass is 276 g/mol. The fourth-order valence-electron chi connectivity index (χ4n) is 2.51. The topological polar surface area (TPSA) is 50.4 Å². The molecule has 0 saturated carbocycles. The van der Waals surface area contributed by atoms with Gasteiger partial charge in [-0.2, -0.15) is 0 Å². The molecule has 1 amide bonds. The molecule has 1 aliphatic rings. The van der Waals surface area contributed by atoms with Crippen LogP contribution >= 0.6 is 0 Å². The number of benzene rings is 1. The maximum absolute atomic E-state index is 11.9. The quantitative estimate of drug-likeness (QED) is 0.873. The normalized spacial score (nSPS) is 23.1. The van der Waals surface area contributed by atoms with E-state index >= 15 is 0 Å². The molecular weight excluding hydrogens is 252 g/mol. The summed E-state index contributed by atoms with van der Waals surface area (Å²) in [6, 6.07) is 10.5. The van der Waals surface area contributed by atoms with E-state index in [1.165, 1.54) is 5.56 Å². The predicted octanol–water partition coefficient (Wildman–Crippen LogP) is 3.00. The van der Waals surface area contributed by atoms with Gasteiger partial charge in [0.15, 0.2) is 0 Å². The Bertz CT molecular complexity index is 440. The number of hydrogen-bond donors (Lipinski definition) is 2. The molecule has 2 N–H and O–H groups in total. The lowest BCUT2D eigenvalue weighted by molar-refractivity contribution is 0.0481. The minimum Gasteiger partial charge on any atom is -0.444 e. The average Bonchev–Trinajstić information content (AvgIpc) is 2.38. The van der Waals surface area contributed by atoms with Gasteiger partial charge in [-0.1, -0.05) is 30.3 Å². The molecule has 2 atom stereocenters. The summed E-state index contributed by atoms with van der Waals surface area (Å²) >= 11 is 0. The maximum Gasteiger partial charge on any atom is 0.407 e. The van der Waals surface area contributed by atoms with Crippen LogP contribution in [0.15, 0.2) is 30.3 Å². The molecule has 1 aliphatic heterocycles. The van der Waals surface area contributed by atoms with E-state index in [4.69, 9.17) is 4.74 Å². The average molecular weight is 276 g/mol. The molecule has 0 bridgehead atoms. The smallest absolute Gasteiger partial charge is 0.407 e. The van der Waals surface area contributed by atoms with Gasteiger partial charge in [0.05, 0.1) is 12.1 Å². The highest BCUT2D eigenvalue weighted by atomic mass is 16.6. The summed E-state index contributed by atoms with van der Waals surface area (Å²) in [6.45, 7) is 6.60. The Morgan fingerprint density at radius 1 is 1.30 bits per heavy atom. The van der Waals surface area contributed by atoms with Crippen LogP contribution in [0.5, 0.6) is 0 Å². The van der Waals surface area contributed by atoms with Crippen molar-refractivity contribution in [3.63, 3.8) is 0 Å². The SMILES string of the molecule is CC(C)(C)OC(=O)N[C@H]1CCCN[C@@H]1c1ccccc1. The third-order valence-corrected chi connectivity index (χ3v) is 3.32. The van der Waals surface area contributed by atoms with Gasteiger partial charge >= 0.3 is 6.09 Å². The van der Waals surface area contributed by atoms with Crippen molar-refractivity contribution >= 4 is 6.09 Å². The maximum atomic E-state index is 11.9. The third kappa shape index (κ3) is 4.23. The number of hydrogen-bond acceptors (Lipinski definition) is 3. The van der Waals surface area contributed by atoms with Gasteiger partial charge < -0.3 is 15.4 Å². The fraction of sp³-hybridized carbons (Fsp3) is 0.562. The van der Waals surface area contributed by atoms with Gasteiger partial charge in [0, 0.05) is 0 Å². The Labute approximate surface area is 120 Å². The van der Waals surface area contributed by atoms with Crippen molar-refractivity contribution in [1.82, 2.24) is 10.6 Å². The number of alkyl carbamates (subject to hydrolysis) is 1. The van der Waals surface area contributed by atoms with Crippen molar-refractivity contribution in [2.75, 3.05) is 6.54 Å². The molecule has 4 heteroatoms. The van der Waals surface area contributed by atoms with Crippen LogP contribution in [0.4, 0.5) is 4.79 Å². The van der Waals surface area contributed by atoms with E-state index in [0.29, 0.717) is 0 Å². The lowest BCUT2D eigenvalue weighted by atomic mass is 9.92. The van der Waals surface area contributed by atoms with Crippen molar-refractivity contribution in [2.45, 2.75) is 51.3 Å². The van der Waals surface area contributed by atoms with Gasteiger partial charge in [0.2, 0.25) is 0 Å². The second kappa shape index (κ2) is 6.27. The first-order valence-corrected chi connectivity index (χ1v) is 7.23. The molecule has 0 aliphatic carbocycles. The molecule has 0 aromatic heterocycles. The molecule has 0 unspecified atom stereocenters. The Hall–Kier alpha value is -1.55. The van der Waals surface area contributed by atoms with Gasteiger partial charge in [0.25, 0.3) is 0 Å². The van der Waals surface area contributed by atoms with Crippen LogP contribution in [0.3, 0.4) is 0 Å². The van der Waals surface area contributed by atoms with E-state index in [-0.39, 0.29) is 18.2 Å². The highest BCUT2D eigenvalue weighted by Gasteiger charge is 2.28. The molecule has 1 fully saturated rings. The van der Waals surface area contributed by atoms with Crippen LogP contribution < -0.4 is 10.6 Å². The Morgan fingerprint density at radius 2 is 2.00 bits per heavy atom. The first-order valence-electron chi connectivity index (χ1n) is 7.23. The predicted molar refractivity (Wildman–Crippen MR) is 79.6 cm³/mol. The standard InChI is InChI=1S/C16H24N2O2/c1-16(2,3)20-15(19)18-13-10-7-11-17-14(13)12-8-5-4-6-9-12/h4-6,8-9,13-14,17H,7,10-11H2,1-3H3,(H,18,19)/t13-,14+/m0/s1. The van der Waals surface area contributed by atoms with Crippen LogP contribution in [-0.4, -0.2) is 24.3 Å². The van der Waals surface area contributed by atoms with Crippen LogP contribution in [-0.2, 0) is 4.74 Å². The zero-order chi connectivity index (χ0) is 14.6. The summed E-state index contributed by atoms with van der Waals surface area (Å²) in [5.74, 6) is 0. The summed E-state index contributed by atoms with van der Waals surface area (Å²) in [7, 11) is 0. The third-order valence-electron chi connectivity index (χ3n) is 3.32. The molecule has 0 radical (unpaired) electrons. The summed E-state index contributed by atoms with van der Waals surface area (Å²) in [6.07, 6.45) is 1.68. The number of amides is 1. The highest BCUT2D eigenvalue weighted by molar-refractivity contribution is 5.68. The minimum absolute atomic E-state index is 0.0704. The lowest BCUT2D eigenvalue weighted by Crippen LogP contribution is -2.49. The molecule has 1 heterocycles. The number of rotatable bonds is 2. The molecule has 20 heavy (non-hydrogen) atoms. The Morgan fingerprint density at radius 3 is 2.65 bits per heavy atom. The molecule has 0 spiro atoms. The molecular formula is C16H24N2O2.